The van der Waals surface area contributed by atoms with Gasteiger partial charge in [-0.1, -0.05) is 6.07 Å². The number of hydrogen-bond donors (Lipinski definition) is 3. The van der Waals surface area contributed by atoms with Crippen molar-refractivity contribution >= 4 is 17.3 Å². The Bertz CT molecular complexity index is 363. The lowest BCUT2D eigenvalue weighted by molar-refractivity contribution is -0.118. The van der Waals surface area contributed by atoms with Crippen LogP contribution in [0.5, 0.6) is 0 Å². The third-order valence-electron chi connectivity index (χ3n) is 2.12. The zero-order valence-corrected chi connectivity index (χ0v) is 9.08. The molecule has 1 unspecified atom stereocenters. The molecule has 0 radical (unpaired) electrons. The first-order chi connectivity index (χ1) is 6.99. The predicted octanol–water partition coefficient (Wildman–Crippen LogP) is 1.25. The van der Waals surface area contributed by atoms with E-state index in [1.54, 1.807) is 0 Å². The molecule has 1 aromatic carbocycles. The Hall–Kier alpha value is -1.71. The van der Waals surface area contributed by atoms with Crippen LogP contribution in [-0.2, 0) is 4.79 Å². The Morgan fingerprint density at radius 2 is 2.20 bits per heavy atom. The molecule has 1 atom stereocenters. The van der Waals surface area contributed by atoms with Gasteiger partial charge in [-0.2, -0.15) is 0 Å². The summed E-state index contributed by atoms with van der Waals surface area (Å²) in [6, 6.07) is 5.73. The van der Waals surface area contributed by atoms with E-state index < -0.39 is 0 Å². The van der Waals surface area contributed by atoms with Crippen LogP contribution in [0.1, 0.15) is 18.9 Å². The Labute approximate surface area is 89.6 Å². The number of amides is 1. The minimum atomic E-state index is -0.318. The number of anilines is 2. The highest BCUT2D eigenvalue weighted by Crippen LogP contribution is 2.20. The zero-order chi connectivity index (χ0) is 11.4. The molecule has 82 valence electrons. The lowest BCUT2D eigenvalue weighted by Gasteiger charge is -2.15. The van der Waals surface area contributed by atoms with Gasteiger partial charge in [0.15, 0.2) is 0 Å². The second kappa shape index (κ2) is 4.68. The highest BCUT2D eigenvalue weighted by atomic mass is 16.1. The fraction of sp³-hybridized carbons (Fsp3) is 0.364. The summed E-state index contributed by atoms with van der Waals surface area (Å²) in [5.41, 5.74) is 13.5. The van der Waals surface area contributed by atoms with Gasteiger partial charge < -0.3 is 16.8 Å². The van der Waals surface area contributed by atoms with E-state index in [0.29, 0.717) is 12.1 Å². The maximum Gasteiger partial charge on any atom is 0.219 e. The third-order valence-corrected chi connectivity index (χ3v) is 2.12. The number of rotatable bonds is 4. The number of nitrogens with one attached hydrogen (secondary N) is 1. The van der Waals surface area contributed by atoms with Crippen molar-refractivity contribution in [3.05, 3.63) is 23.8 Å². The molecule has 0 bridgehead atoms. The van der Waals surface area contributed by atoms with Gasteiger partial charge in [-0.3, -0.25) is 4.79 Å². The number of carbonyl (C=O) groups is 1. The monoisotopic (exact) mass is 207 g/mol. The Morgan fingerprint density at radius 1 is 1.53 bits per heavy atom. The molecule has 0 aliphatic carbocycles. The molecule has 0 aliphatic rings. The first kappa shape index (κ1) is 11.4. The summed E-state index contributed by atoms with van der Waals surface area (Å²) in [6.45, 7) is 3.88. The first-order valence-electron chi connectivity index (χ1n) is 4.90. The molecule has 1 amide bonds. The number of aryl methyl sites for hydroxylation is 1. The van der Waals surface area contributed by atoms with Gasteiger partial charge in [0.05, 0.1) is 11.4 Å². The van der Waals surface area contributed by atoms with E-state index in [9.17, 15) is 4.79 Å². The molecule has 0 saturated heterocycles. The van der Waals surface area contributed by atoms with E-state index in [0.717, 1.165) is 11.3 Å². The van der Waals surface area contributed by atoms with E-state index in [-0.39, 0.29) is 11.9 Å². The summed E-state index contributed by atoms with van der Waals surface area (Å²) < 4.78 is 0. The minimum absolute atomic E-state index is 0.00778. The SMILES string of the molecule is Cc1ccc(N)c(NC(C)CC(N)=O)c1. The molecule has 4 heteroatoms. The average molecular weight is 207 g/mol. The van der Waals surface area contributed by atoms with Gasteiger partial charge in [-0.05, 0) is 31.5 Å². The molecule has 4 nitrogen and oxygen atoms in total. The molecular weight excluding hydrogens is 190 g/mol. The fourth-order valence-electron chi connectivity index (χ4n) is 1.41. The van der Waals surface area contributed by atoms with Crippen LogP contribution >= 0.6 is 0 Å². The summed E-state index contributed by atoms with van der Waals surface area (Å²) in [5.74, 6) is -0.318. The molecule has 0 heterocycles. The molecule has 0 aromatic heterocycles. The maximum atomic E-state index is 10.7. The number of nitrogen functional groups attached to an aromatic ring is 1. The summed E-state index contributed by atoms with van der Waals surface area (Å²) >= 11 is 0. The highest BCUT2D eigenvalue weighted by molar-refractivity contribution is 5.75. The van der Waals surface area contributed by atoms with Crippen molar-refractivity contribution in [1.29, 1.82) is 0 Å². The maximum absolute atomic E-state index is 10.7. The number of carbonyl (C=O) groups excluding carboxylic acids is 1. The topological polar surface area (TPSA) is 81.1 Å². The second-order valence-corrected chi connectivity index (χ2v) is 3.81. The summed E-state index contributed by atoms with van der Waals surface area (Å²) in [4.78, 5) is 10.7. The molecule has 1 rings (SSSR count). The molecular formula is C11H17N3O. The summed E-state index contributed by atoms with van der Waals surface area (Å²) in [5, 5.41) is 3.16. The quantitative estimate of drug-likeness (QED) is 0.650. The molecule has 0 aliphatic heterocycles. The van der Waals surface area contributed by atoms with Crippen molar-refractivity contribution in [3.8, 4) is 0 Å². The molecule has 0 fully saturated rings. The van der Waals surface area contributed by atoms with Gasteiger partial charge in [0.2, 0.25) is 5.91 Å². The second-order valence-electron chi connectivity index (χ2n) is 3.81. The average Bonchev–Trinajstić information content (AvgIpc) is 2.10. The molecule has 0 saturated carbocycles. The van der Waals surface area contributed by atoms with Crippen LogP contribution in [0.2, 0.25) is 0 Å². The fourth-order valence-corrected chi connectivity index (χ4v) is 1.41. The van der Waals surface area contributed by atoms with Gasteiger partial charge in [0.1, 0.15) is 0 Å². The van der Waals surface area contributed by atoms with Crippen LogP contribution in [-0.4, -0.2) is 11.9 Å². The van der Waals surface area contributed by atoms with Crippen LogP contribution in [0.3, 0.4) is 0 Å². The number of hydrogen-bond acceptors (Lipinski definition) is 3. The van der Waals surface area contributed by atoms with Gasteiger partial charge in [-0.15, -0.1) is 0 Å². The van der Waals surface area contributed by atoms with Crippen molar-refractivity contribution in [3.63, 3.8) is 0 Å². The smallest absolute Gasteiger partial charge is 0.219 e. The predicted molar refractivity (Wildman–Crippen MR) is 62.5 cm³/mol. The molecule has 0 spiro atoms. The van der Waals surface area contributed by atoms with E-state index in [2.05, 4.69) is 5.32 Å². The Balaban J connectivity index is 2.71. The van der Waals surface area contributed by atoms with Crippen molar-refractivity contribution in [2.24, 2.45) is 5.73 Å². The van der Waals surface area contributed by atoms with E-state index in [1.807, 2.05) is 32.0 Å². The van der Waals surface area contributed by atoms with E-state index in [4.69, 9.17) is 11.5 Å². The van der Waals surface area contributed by atoms with Gasteiger partial charge in [0.25, 0.3) is 0 Å². The van der Waals surface area contributed by atoms with Crippen LogP contribution in [0.4, 0.5) is 11.4 Å². The van der Waals surface area contributed by atoms with Crippen LogP contribution < -0.4 is 16.8 Å². The standard InChI is InChI=1S/C11H17N3O/c1-7-3-4-9(12)10(5-7)14-8(2)6-11(13)15/h3-5,8,14H,6,12H2,1-2H3,(H2,13,15). The highest BCUT2D eigenvalue weighted by Gasteiger charge is 2.07. The minimum Gasteiger partial charge on any atom is -0.397 e. The van der Waals surface area contributed by atoms with Crippen molar-refractivity contribution < 1.29 is 4.79 Å². The zero-order valence-electron chi connectivity index (χ0n) is 9.08. The number of nitrogens with two attached hydrogens (primary N) is 2. The lowest BCUT2D eigenvalue weighted by Crippen LogP contribution is -2.24. The number of primary amides is 1. The summed E-state index contributed by atoms with van der Waals surface area (Å²) in [6.07, 6.45) is 0.299. The molecule has 1 aromatic rings. The van der Waals surface area contributed by atoms with Gasteiger partial charge in [-0.25, -0.2) is 0 Å². The van der Waals surface area contributed by atoms with Crippen molar-refractivity contribution in [2.45, 2.75) is 26.3 Å². The normalized spacial score (nSPS) is 12.1. The third kappa shape index (κ3) is 3.50. The largest absolute Gasteiger partial charge is 0.397 e. The Morgan fingerprint density at radius 3 is 2.80 bits per heavy atom. The van der Waals surface area contributed by atoms with Crippen LogP contribution in [0.25, 0.3) is 0 Å². The number of benzene rings is 1. The lowest BCUT2D eigenvalue weighted by atomic mass is 10.1. The summed E-state index contributed by atoms with van der Waals surface area (Å²) in [7, 11) is 0. The van der Waals surface area contributed by atoms with Crippen molar-refractivity contribution in [1.82, 2.24) is 0 Å². The molecule has 5 N–H and O–H groups in total. The van der Waals surface area contributed by atoms with E-state index in [1.165, 1.54) is 0 Å². The van der Waals surface area contributed by atoms with Gasteiger partial charge in [0, 0.05) is 12.5 Å². The Kier molecular flexibility index (Phi) is 3.55. The van der Waals surface area contributed by atoms with E-state index >= 15 is 0 Å². The van der Waals surface area contributed by atoms with Gasteiger partial charge >= 0.3 is 0 Å². The molecule has 15 heavy (non-hydrogen) atoms. The van der Waals surface area contributed by atoms with Crippen molar-refractivity contribution in [2.75, 3.05) is 11.1 Å². The first-order valence-corrected chi connectivity index (χ1v) is 4.90. The van der Waals surface area contributed by atoms with Crippen LogP contribution in [0.15, 0.2) is 18.2 Å². The van der Waals surface area contributed by atoms with Crippen LogP contribution in [0, 0.1) is 6.92 Å².